The number of aromatic nitrogens is 1. The van der Waals surface area contributed by atoms with Crippen LogP contribution in [0.1, 0.15) is 11.3 Å². The van der Waals surface area contributed by atoms with Gasteiger partial charge in [0.15, 0.2) is 0 Å². The molecule has 0 aliphatic heterocycles. The summed E-state index contributed by atoms with van der Waals surface area (Å²) in [6, 6.07) is 1.27. The first-order valence-electron chi connectivity index (χ1n) is 5.26. The minimum atomic E-state index is -4.91. The second-order valence-corrected chi connectivity index (χ2v) is 4.10. The van der Waals surface area contributed by atoms with Gasteiger partial charge in [0.2, 0.25) is 5.88 Å². The molecular formula is C11H11BrF3NO4. The fourth-order valence-corrected chi connectivity index (χ4v) is 1.78. The summed E-state index contributed by atoms with van der Waals surface area (Å²) < 4.78 is 50.2. The number of methoxy groups -OCH3 is 2. The second-order valence-electron chi connectivity index (χ2n) is 3.54. The molecule has 0 radical (unpaired) electrons. The van der Waals surface area contributed by atoms with Gasteiger partial charge in [-0.3, -0.25) is 4.79 Å². The van der Waals surface area contributed by atoms with Crippen LogP contribution in [0.2, 0.25) is 0 Å². The van der Waals surface area contributed by atoms with Crippen LogP contribution < -0.4 is 9.47 Å². The average Bonchev–Trinajstić information content (AvgIpc) is 2.38. The van der Waals surface area contributed by atoms with E-state index in [9.17, 15) is 18.0 Å². The fourth-order valence-electron chi connectivity index (χ4n) is 1.38. The third-order valence-electron chi connectivity index (χ3n) is 2.22. The molecule has 112 valence electrons. The normalized spacial score (nSPS) is 11.1. The number of nitrogens with zero attached hydrogens (tertiary/aromatic N) is 1. The van der Waals surface area contributed by atoms with Crippen molar-refractivity contribution in [2.75, 3.05) is 14.2 Å². The van der Waals surface area contributed by atoms with Crippen LogP contribution in [0.15, 0.2) is 6.07 Å². The molecule has 0 fully saturated rings. The highest BCUT2D eigenvalue weighted by atomic mass is 79.9. The maximum atomic E-state index is 12.3. The molecule has 9 heteroatoms. The van der Waals surface area contributed by atoms with E-state index in [1.165, 1.54) is 13.2 Å². The molecule has 5 nitrogen and oxygen atoms in total. The van der Waals surface area contributed by atoms with Crippen LogP contribution >= 0.6 is 15.9 Å². The quantitative estimate of drug-likeness (QED) is 0.598. The van der Waals surface area contributed by atoms with Crippen LogP contribution in [0.4, 0.5) is 13.2 Å². The molecule has 1 heterocycles. The molecule has 1 aromatic heterocycles. The molecule has 1 rings (SSSR count). The van der Waals surface area contributed by atoms with Gasteiger partial charge in [0.25, 0.3) is 0 Å². The van der Waals surface area contributed by atoms with E-state index in [0.717, 1.165) is 7.11 Å². The van der Waals surface area contributed by atoms with Gasteiger partial charge in [0.05, 0.1) is 26.3 Å². The fraction of sp³-hybridized carbons (Fsp3) is 0.455. The van der Waals surface area contributed by atoms with Gasteiger partial charge in [-0.2, -0.15) is 0 Å². The lowest BCUT2D eigenvalue weighted by molar-refractivity contribution is -0.276. The molecule has 20 heavy (non-hydrogen) atoms. The highest BCUT2D eigenvalue weighted by molar-refractivity contribution is 9.08. The molecule has 0 spiro atoms. The SMILES string of the molecule is COC(=O)Cc1cc(OC)c(CBr)nc1OC(F)(F)F. The Morgan fingerprint density at radius 2 is 2.05 bits per heavy atom. The average molecular weight is 358 g/mol. The molecule has 0 unspecified atom stereocenters. The summed E-state index contributed by atoms with van der Waals surface area (Å²) in [7, 11) is 2.47. The molecule has 1 aromatic rings. The van der Waals surface area contributed by atoms with E-state index < -0.39 is 24.6 Å². The van der Waals surface area contributed by atoms with Crippen LogP contribution in [0.25, 0.3) is 0 Å². The summed E-state index contributed by atoms with van der Waals surface area (Å²) in [5.41, 5.74) is 0.149. The molecule has 0 saturated heterocycles. The second kappa shape index (κ2) is 6.78. The summed E-state index contributed by atoms with van der Waals surface area (Å²) in [4.78, 5) is 14.9. The van der Waals surface area contributed by atoms with Crippen molar-refractivity contribution in [3.8, 4) is 11.6 Å². The van der Waals surface area contributed by atoms with E-state index in [-0.39, 0.29) is 22.3 Å². The largest absolute Gasteiger partial charge is 0.574 e. The Labute approximate surface area is 121 Å². The van der Waals surface area contributed by atoms with Crippen LogP contribution in [0.5, 0.6) is 11.6 Å². The van der Waals surface area contributed by atoms with Gasteiger partial charge < -0.3 is 14.2 Å². The smallest absolute Gasteiger partial charge is 0.495 e. The van der Waals surface area contributed by atoms with Crippen molar-refractivity contribution < 1.29 is 32.2 Å². The van der Waals surface area contributed by atoms with Crippen molar-refractivity contribution in [2.24, 2.45) is 0 Å². The van der Waals surface area contributed by atoms with E-state index in [0.29, 0.717) is 0 Å². The number of hydrogen-bond donors (Lipinski definition) is 0. The third kappa shape index (κ3) is 4.55. The number of halogens is 4. The lowest BCUT2D eigenvalue weighted by Gasteiger charge is -2.15. The number of hydrogen-bond acceptors (Lipinski definition) is 5. The van der Waals surface area contributed by atoms with Crippen LogP contribution in [-0.4, -0.2) is 31.5 Å². The van der Waals surface area contributed by atoms with E-state index in [1.807, 2.05) is 0 Å². The van der Waals surface area contributed by atoms with E-state index in [4.69, 9.17) is 4.74 Å². The Bertz CT molecular complexity index is 493. The molecule has 0 aliphatic rings. The summed E-state index contributed by atoms with van der Waals surface area (Å²) in [6.07, 6.45) is -5.32. The number of carbonyl (C=O) groups excluding carboxylic acids is 1. The predicted molar refractivity (Wildman–Crippen MR) is 65.8 cm³/mol. The zero-order chi connectivity index (χ0) is 15.3. The van der Waals surface area contributed by atoms with Gasteiger partial charge >= 0.3 is 12.3 Å². The summed E-state index contributed by atoms with van der Waals surface area (Å²) in [5.74, 6) is -1.17. The van der Waals surface area contributed by atoms with Gasteiger partial charge in [-0.05, 0) is 6.07 Å². The molecule has 0 saturated carbocycles. The number of carbonyl (C=O) groups is 1. The first-order valence-corrected chi connectivity index (χ1v) is 6.38. The number of alkyl halides is 4. The summed E-state index contributed by atoms with van der Waals surface area (Å²) in [5, 5.41) is 0.170. The topological polar surface area (TPSA) is 57.7 Å². The zero-order valence-corrected chi connectivity index (χ0v) is 12.2. The molecular weight excluding hydrogens is 347 g/mol. The minimum Gasteiger partial charge on any atom is -0.495 e. The number of pyridine rings is 1. The molecule has 0 aromatic carbocycles. The highest BCUT2D eigenvalue weighted by Crippen LogP contribution is 2.31. The van der Waals surface area contributed by atoms with Crippen LogP contribution in [-0.2, 0) is 21.3 Å². The summed E-state index contributed by atoms with van der Waals surface area (Å²) in [6.45, 7) is 0. The van der Waals surface area contributed by atoms with Crippen LogP contribution in [0.3, 0.4) is 0 Å². The van der Waals surface area contributed by atoms with Crippen LogP contribution in [0, 0.1) is 0 Å². The van der Waals surface area contributed by atoms with Gasteiger partial charge in [-0.15, -0.1) is 13.2 Å². The Morgan fingerprint density at radius 1 is 1.40 bits per heavy atom. The Morgan fingerprint density at radius 3 is 2.50 bits per heavy atom. The number of rotatable bonds is 5. The van der Waals surface area contributed by atoms with Crippen molar-refractivity contribution >= 4 is 21.9 Å². The minimum absolute atomic E-state index is 0.0734. The number of esters is 1. The lowest BCUT2D eigenvalue weighted by atomic mass is 10.1. The first kappa shape index (κ1) is 16.5. The predicted octanol–water partition coefficient (Wildman–Crippen LogP) is 2.60. The maximum absolute atomic E-state index is 12.3. The van der Waals surface area contributed by atoms with Crippen molar-refractivity contribution in [3.05, 3.63) is 17.3 Å². The van der Waals surface area contributed by atoms with Crippen molar-refractivity contribution in [1.82, 2.24) is 4.98 Å². The molecule has 0 amide bonds. The van der Waals surface area contributed by atoms with E-state index >= 15 is 0 Å². The van der Waals surface area contributed by atoms with Crippen molar-refractivity contribution in [1.29, 1.82) is 0 Å². The molecule has 0 atom stereocenters. The Hall–Kier alpha value is -1.51. The molecule has 0 aliphatic carbocycles. The van der Waals surface area contributed by atoms with Gasteiger partial charge in [-0.1, -0.05) is 15.9 Å². The van der Waals surface area contributed by atoms with E-state index in [2.05, 4.69) is 30.4 Å². The maximum Gasteiger partial charge on any atom is 0.574 e. The summed E-state index contributed by atoms with van der Waals surface area (Å²) >= 11 is 3.08. The third-order valence-corrected chi connectivity index (χ3v) is 2.75. The number of ether oxygens (including phenoxy) is 3. The van der Waals surface area contributed by atoms with Crippen molar-refractivity contribution in [2.45, 2.75) is 18.1 Å². The molecule has 0 bridgehead atoms. The van der Waals surface area contributed by atoms with Gasteiger partial charge in [0.1, 0.15) is 5.75 Å². The zero-order valence-electron chi connectivity index (χ0n) is 10.6. The Kier molecular flexibility index (Phi) is 5.61. The van der Waals surface area contributed by atoms with Gasteiger partial charge in [-0.25, -0.2) is 4.98 Å². The van der Waals surface area contributed by atoms with Crippen molar-refractivity contribution in [3.63, 3.8) is 0 Å². The monoisotopic (exact) mass is 357 g/mol. The lowest BCUT2D eigenvalue weighted by Crippen LogP contribution is -2.20. The Balaban J connectivity index is 3.25. The molecule has 0 N–H and O–H groups in total. The standard InChI is InChI=1S/C11H11BrF3NO4/c1-18-8-3-6(4-9(17)19-2)10(16-7(8)5-12)20-11(13,14)15/h3H,4-5H2,1-2H3. The first-order chi connectivity index (χ1) is 9.30. The highest BCUT2D eigenvalue weighted by Gasteiger charge is 2.33. The van der Waals surface area contributed by atoms with E-state index in [1.54, 1.807) is 0 Å². The van der Waals surface area contributed by atoms with Gasteiger partial charge in [0, 0.05) is 10.9 Å².